The number of nitrogens with two attached hydrogens (primary N) is 1. The van der Waals surface area contributed by atoms with Gasteiger partial charge in [-0.25, -0.2) is 4.98 Å². The molecular formula is C10H17N5. The van der Waals surface area contributed by atoms with Gasteiger partial charge in [-0.05, 0) is 25.4 Å². The summed E-state index contributed by atoms with van der Waals surface area (Å²) in [5.74, 6) is 1.15. The highest BCUT2D eigenvalue weighted by Crippen LogP contribution is 2.06. The molecule has 1 aromatic heterocycles. The Labute approximate surface area is 89.0 Å². The van der Waals surface area contributed by atoms with Crippen molar-refractivity contribution in [1.29, 1.82) is 0 Å². The molecule has 1 aliphatic rings. The van der Waals surface area contributed by atoms with Crippen LogP contribution in [0.4, 0.5) is 5.82 Å². The SMILES string of the molecule is Cn1ccnc(N)c1=NCC1CCNC1. The van der Waals surface area contributed by atoms with Gasteiger partial charge < -0.3 is 15.6 Å². The molecule has 5 heteroatoms. The third-order valence-electron chi connectivity index (χ3n) is 2.73. The standard InChI is InChI=1S/C10H17N5/c1-15-5-4-13-9(11)10(15)14-7-8-2-3-12-6-8/h4-5,8,12H,2-3,6-7H2,1H3,(H2,11,13). The lowest BCUT2D eigenvalue weighted by molar-refractivity contribution is 0.583. The van der Waals surface area contributed by atoms with Gasteiger partial charge in [0.25, 0.3) is 0 Å². The maximum absolute atomic E-state index is 5.76. The van der Waals surface area contributed by atoms with Gasteiger partial charge in [-0.15, -0.1) is 0 Å². The number of nitrogens with zero attached hydrogens (tertiary/aromatic N) is 3. The molecule has 2 rings (SSSR count). The second kappa shape index (κ2) is 4.44. The molecular weight excluding hydrogens is 190 g/mol. The minimum atomic E-state index is 0.506. The summed E-state index contributed by atoms with van der Waals surface area (Å²) in [6.07, 6.45) is 4.75. The Balaban J connectivity index is 2.17. The zero-order valence-electron chi connectivity index (χ0n) is 8.98. The first kappa shape index (κ1) is 10.2. The molecule has 0 aromatic carbocycles. The van der Waals surface area contributed by atoms with E-state index in [2.05, 4.69) is 15.3 Å². The van der Waals surface area contributed by atoms with E-state index in [0.29, 0.717) is 11.7 Å². The largest absolute Gasteiger partial charge is 0.381 e. The lowest BCUT2D eigenvalue weighted by Gasteiger charge is -2.05. The molecule has 2 heterocycles. The molecule has 0 radical (unpaired) electrons. The van der Waals surface area contributed by atoms with E-state index in [1.165, 1.54) is 6.42 Å². The van der Waals surface area contributed by atoms with Gasteiger partial charge in [0.2, 0.25) is 0 Å². The third-order valence-corrected chi connectivity index (χ3v) is 2.73. The van der Waals surface area contributed by atoms with Gasteiger partial charge in [0.15, 0.2) is 11.3 Å². The summed E-state index contributed by atoms with van der Waals surface area (Å²) in [5, 5.41) is 3.32. The van der Waals surface area contributed by atoms with Crippen molar-refractivity contribution < 1.29 is 0 Å². The first-order valence-corrected chi connectivity index (χ1v) is 5.25. The van der Waals surface area contributed by atoms with E-state index in [0.717, 1.165) is 25.1 Å². The Hall–Kier alpha value is -1.36. The van der Waals surface area contributed by atoms with Crippen LogP contribution in [0.5, 0.6) is 0 Å². The summed E-state index contributed by atoms with van der Waals surface area (Å²) < 4.78 is 1.91. The van der Waals surface area contributed by atoms with Crippen molar-refractivity contribution in [2.75, 3.05) is 25.4 Å². The molecule has 0 bridgehead atoms. The lowest BCUT2D eigenvalue weighted by atomic mass is 10.1. The molecule has 0 amide bonds. The quantitative estimate of drug-likeness (QED) is 0.688. The molecule has 0 spiro atoms. The lowest BCUT2D eigenvalue weighted by Crippen LogP contribution is -2.24. The van der Waals surface area contributed by atoms with Crippen LogP contribution in [-0.4, -0.2) is 29.2 Å². The van der Waals surface area contributed by atoms with Crippen LogP contribution >= 0.6 is 0 Å². The summed E-state index contributed by atoms with van der Waals surface area (Å²) >= 11 is 0. The number of hydrogen-bond donors (Lipinski definition) is 2. The highest BCUT2D eigenvalue weighted by Gasteiger charge is 2.13. The maximum atomic E-state index is 5.76. The van der Waals surface area contributed by atoms with Crippen LogP contribution in [0.2, 0.25) is 0 Å². The van der Waals surface area contributed by atoms with Gasteiger partial charge in [-0.2, -0.15) is 0 Å². The number of aryl methyl sites for hydroxylation is 1. The fourth-order valence-electron chi connectivity index (χ4n) is 1.80. The Bertz CT molecular complexity index is 366. The van der Waals surface area contributed by atoms with Crippen molar-refractivity contribution in [3.05, 3.63) is 17.9 Å². The summed E-state index contributed by atoms with van der Waals surface area (Å²) in [7, 11) is 1.93. The fourth-order valence-corrected chi connectivity index (χ4v) is 1.80. The molecule has 1 saturated heterocycles. The Kier molecular flexibility index (Phi) is 3.01. The number of nitrogen functional groups attached to an aromatic ring is 1. The van der Waals surface area contributed by atoms with Crippen molar-refractivity contribution >= 4 is 5.82 Å². The van der Waals surface area contributed by atoms with Gasteiger partial charge in [0, 0.05) is 26.0 Å². The second-order valence-electron chi connectivity index (χ2n) is 3.95. The number of rotatable bonds is 2. The van der Waals surface area contributed by atoms with Gasteiger partial charge in [0.05, 0.1) is 0 Å². The molecule has 1 unspecified atom stereocenters. The number of anilines is 1. The Morgan fingerprint density at radius 2 is 2.60 bits per heavy atom. The average Bonchev–Trinajstić information content (AvgIpc) is 2.70. The highest BCUT2D eigenvalue weighted by atomic mass is 15.0. The molecule has 1 fully saturated rings. The monoisotopic (exact) mass is 207 g/mol. The number of hydrogen-bond acceptors (Lipinski definition) is 4. The predicted molar refractivity (Wildman–Crippen MR) is 59.0 cm³/mol. The summed E-state index contributed by atoms with van der Waals surface area (Å²) in [6.45, 7) is 3.00. The topological polar surface area (TPSA) is 68.2 Å². The molecule has 5 nitrogen and oxygen atoms in total. The molecule has 15 heavy (non-hydrogen) atoms. The maximum Gasteiger partial charge on any atom is 0.170 e. The predicted octanol–water partition coefficient (Wildman–Crippen LogP) is -0.487. The summed E-state index contributed by atoms with van der Waals surface area (Å²) in [5.41, 5.74) is 6.55. The molecule has 1 aromatic rings. The normalized spacial score (nSPS) is 22.2. The molecule has 1 aliphatic heterocycles. The van der Waals surface area contributed by atoms with Crippen LogP contribution in [0, 0.1) is 5.92 Å². The summed E-state index contributed by atoms with van der Waals surface area (Å²) in [6, 6.07) is 0. The molecule has 0 saturated carbocycles. The van der Waals surface area contributed by atoms with Crippen LogP contribution in [0.1, 0.15) is 6.42 Å². The van der Waals surface area contributed by atoms with Crippen molar-refractivity contribution in [2.45, 2.75) is 6.42 Å². The average molecular weight is 207 g/mol. The van der Waals surface area contributed by atoms with E-state index in [1.807, 2.05) is 17.8 Å². The minimum Gasteiger partial charge on any atom is -0.381 e. The van der Waals surface area contributed by atoms with Crippen LogP contribution in [0.15, 0.2) is 17.4 Å². The number of nitrogens with one attached hydrogen (secondary N) is 1. The van der Waals surface area contributed by atoms with E-state index in [4.69, 9.17) is 5.73 Å². The minimum absolute atomic E-state index is 0.506. The second-order valence-corrected chi connectivity index (χ2v) is 3.95. The van der Waals surface area contributed by atoms with Gasteiger partial charge in [0.1, 0.15) is 0 Å². The van der Waals surface area contributed by atoms with E-state index < -0.39 is 0 Å². The first-order chi connectivity index (χ1) is 7.27. The number of aromatic nitrogens is 2. The molecule has 82 valence electrons. The van der Waals surface area contributed by atoms with Crippen LogP contribution in [-0.2, 0) is 7.05 Å². The van der Waals surface area contributed by atoms with Gasteiger partial charge in [-0.1, -0.05) is 0 Å². The van der Waals surface area contributed by atoms with Crippen LogP contribution in [0.25, 0.3) is 0 Å². The Morgan fingerprint density at radius 3 is 3.27 bits per heavy atom. The third kappa shape index (κ3) is 2.36. The molecule has 3 N–H and O–H groups in total. The van der Waals surface area contributed by atoms with E-state index in [9.17, 15) is 0 Å². The van der Waals surface area contributed by atoms with E-state index >= 15 is 0 Å². The fraction of sp³-hybridized carbons (Fsp3) is 0.600. The van der Waals surface area contributed by atoms with Crippen molar-refractivity contribution in [2.24, 2.45) is 18.0 Å². The highest BCUT2D eigenvalue weighted by molar-refractivity contribution is 5.21. The zero-order valence-corrected chi connectivity index (χ0v) is 8.98. The van der Waals surface area contributed by atoms with E-state index in [-0.39, 0.29) is 0 Å². The smallest absolute Gasteiger partial charge is 0.170 e. The zero-order chi connectivity index (χ0) is 10.7. The molecule has 0 aliphatic carbocycles. The van der Waals surface area contributed by atoms with Crippen molar-refractivity contribution in [3.63, 3.8) is 0 Å². The van der Waals surface area contributed by atoms with Gasteiger partial charge >= 0.3 is 0 Å². The molecule has 1 atom stereocenters. The summed E-state index contributed by atoms with van der Waals surface area (Å²) in [4.78, 5) is 8.56. The Morgan fingerprint density at radius 1 is 1.73 bits per heavy atom. The van der Waals surface area contributed by atoms with Crippen molar-refractivity contribution in [1.82, 2.24) is 14.9 Å². The van der Waals surface area contributed by atoms with Gasteiger partial charge in [-0.3, -0.25) is 4.99 Å². The van der Waals surface area contributed by atoms with Crippen LogP contribution < -0.4 is 16.5 Å². The van der Waals surface area contributed by atoms with E-state index in [1.54, 1.807) is 6.20 Å². The van der Waals surface area contributed by atoms with Crippen molar-refractivity contribution in [3.8, 4) is 0 Å². The first-order valence-electron chi connectivity index (χ1n) is 5.25. The van der Waals surface area contributed by atoms with Crippen LogP contribution in [0.3, 0.4) is 0 Å².